The standard InChI is InChI=1S/C25H33NO3/c1-6-8-13-24(26-27-5)22-12-10-11-21(17-22)18-29-25-19(3)15-23(16-20(25)4)28-14-9-7-2/h7,9-12,15-17H,6,8,13-14,18H2,1-5H3/b9-7+,26-24+. The zero-order valence-corrected chi connectivity index (χ0v) is 18.3. The van der Waals surface area contributed by atoms with Crippen LogP contribution in [0.25, 0.3) is 0 Å². The summed E-state index contributed by atoms with van der Waals surface area (Å²) in [5.41, 5.74) is 5.31. The summed E-state index contributed by atoms with van der Waals surface area (Å²) in [6, 6.07) is 12.4. The van der Waals surface area contributed by atoms with Crippen molar-refractivity contribution in [2.24, 2.45) is 5.16 Å². The van der Waals surface area contributed by atoms with Gasteiger partial charge in [0.2, 0.25) is 0 Å². The first-order chi connectivity index (χ1) is 14.1. The number of allylic oxidation sites excluding steroid dienone is 1. The van der Waals surface area contributed by atoms with E-state index in [9.17, 15) is 0 Å². The largest absolute Gasteiger partial charge is 0.490 e. The number of aryl methyl sites for hydroxylation is 2. The van der Waals surface area contributed by atoms with Gasteiger partial charge in [-0.25, -0.2) is 0 Å². The van der Waals surface area contributed by atoms with Crippen molar-refractivity contribution in [2.45, 2.75) is 53.6 Å². The Hall–Kier alpha value is -2.75. The Morgan fingerprint density at radius 1 is 1.07 bits per heavy atom. The second-order valence-electron chi connectivity index (χ2n) is 7.08. The fourth-order valence-electron chi connectivity index (χ4n) is 3.16. The highest BCUT2D eigenvalue weighted by atomic mass is 16.6. The van der Waals surface area contributed by atoms with Crippen LogP contribution in [0.1, 0.15) is 55.4 Å². The quantitative estimate of drug-likeness (QED) is 0.252. The summed E-state index contributed by atoms with van der Waals surface area (Å²) in [5.74, 6) is 1.77. The van der Waals surface area contributed by atoms with Gasteiger partial charge in [-0.3, -0.25) is 0 Å². The van der Waals surface area contributed by atoms with E-state index in [4.69, 9.17) is 14.3 Å². The van der Waals surface area contributed by atoms with Crippen molar-refractivity contribution in [2.75, 3.05) is 13.7 Å². The molecule has 4 nitrogen and oxygen atoms in total. The lowest BCUT2D eigenvalue weighted by molar-refractivity contribution is 0.212. The van der Waals surface area contributed by atoms with Crippen LogP contribution in [0.4, 0.5) is 0 Å². The topological polar surface area (TPSA) is 40.0 Å². The normalized spacial score (nSPS) is 11.7. The number of unbranched alkanes of at least 4 members (excludes halogenated alkanes) is 1. The molecule has 0 aliphatic carbocycles. The van der Waals surface area contributed by atoms with Crippen molar-refractivity contribution in [3.63, 3.8) is 0 Å². The van der Waals surface area contributed by atoms with Crippen LogP contribution in [0.15, 0.2) is 53.7 Å². The van der Waals surface area contributed by atoms with E-state index in [1.807, 2.05) is 37.3 Å². The molecule has 0 heterocycles. The predicted molar refractivity (Wildman–Crippen MR) is 120 cm³/mol. The van der Waals surface area contributed by atoms with Crippen LogP contribution in [0.5, 0.6) is 11.5 Å². The number of hydrogen-bond donors (Lipinski definition) is 0. The molecule has 0 amide bonds. The summed E-state index contributed by atoms with van der Waals surface area (Å²) in [4.78, 5) is 5.04. The van der Waals surface area contributed by atoms with Gasteiger partial charge in [0.05, 0.1) is 5.71 Å². The zero-order chi connectivity index (χ0) is 21.1. The Balaban J connectivity index is 2.10. The van der Waals surface area contributed by atoms with E-state index >= 15 is 0 Å². The molecule has 0 aromatic heterocycles. The highest BCUT2D eigenvalue weighted by Crippen LogP contribution is 2.29. The maximum Gasteiger partial charge on any atom is 0.125 e. The van der Waals surface area contributed by atoms with Gasteiger partial charge in [0.1, 0.15) is 31.8 Å². The number of benzene rings is 2. The van der Waals surface area contributed by atoms with Crippen LogP contribution in [-0.2, 0) is 11.4 Å². The van der Waals surface area contributed by atoms with Crippen LogP contribution >= 0.6 is 0 Å². The second kappa shape index (κ2) is 11.9. The third-order valence-electron chi connectivity index (χ3n) is 4.63. The van der Waals surface area contributed by atoms with Gasteiger partial charge in [-0.15, -0.1) is 0 Å². The van der Waals surface area contributed by atoms with Crippen LogP contribution < -0.4 is 9.47 Å². The number of nitrogens with zero attached hydrogens (tertiary/aromatic N) is 1. The van der Waals surface area contributed by atoms with Crippen molar-refractivity contribution >= 4 is 5.71 Å². The van der Waals surface area contributed by atoms with Gasteiger partial charge < -0.3 is 14.3 Å². The lowest BCUT2D eigenvalue weighted by Crippen LogP contribution is -2.05. The van der Waals surface area contributed by atoms with Gasteiger partial charge in [0.25, 0.3) is 0 Å². The first-order valence-corrected chi connectivity index (χ1v) is 10.3. The number of rotatable bonds is 11. The summed E-state index contributed by atoms with van der Waals surface area (Å²) in [6.07, 6.45) is 7.09. The Morgan fingerprint density at radius 3 is 2.48 bits per heavy atom. The number of oxime groups is 1. The Morgan fingerprint density at radius 2 is 1.83 bits per heavy atom. The Bertz CT molecular complexity index is 817. The first kappa shape index (κ1) is 22.5. The third kappa shape index (κ3) is 6.97. The fraction of sp³-hybridized carbons (Fsp3) is 0.400. The maximum absolute atomic E-state index is 6.17. The van der Waals surface area contributed by atoms with E-state index in [0.717, 1.165) is 58.7 Å². The highest BCUT2D eigenvalue weighted by Gasteiger charge is 2.09. The van der Waals surface area contributed by atoms with Crippen molar-refractivity contribution < 1.29 is 14.3 Å². The van der Waals surface area contributed by atoms with E-state index in [1.165, 1.54) is 0 Å². The average molecular weight is 396 g/mol. The molecule has 0 atom stereocenters. The molecular weight excluding hydrogens is 362 g/mol. The molecular formula is C25H33NO3. The van der Waals surface area contributed by atoms with Gasteiger partial charge in [-0.05, 0) is 74.1 Å². The smallest absolute Gasteiger partial charge is 0.125 e. The Kier molecular flexibility index (Phi) is 9.29. The molecule has 2 aromatic rings. The zero-order valence-electron chi connectivity index (χ0n) is 18.3. The molecule has 156 valence electrons. The van der Waals surface area contributed by atoms with E-state index in [-0.39, 0.29) is 0 Å². The van der Waals surface area contributed by atoms with E-state index in [2.05, 4.69) is 44.1 Å². The summed E-state index contributed by atoms with van der Waals surface area (Å²) < 4.78 is 11.9. The number of hydrogen-bond acceptors (Lipinski definition) is 4. The van der Waals surface area contributed by atoms with Crippen molar-refractivity contribution in [1.82, 2.24) is 0 Å². The van der Waals surface area contributed by atoms with Gasteiger partial charge in [0, 0.05) is 0 Å². The van der Waals surface area contributed by atoms with Crippen molar-refractivity contribution in [3.8, 4) is 11.5 Å². The van der Waals surface area contributed by atoms with Crippen molar-refractivity contribution in [3.05, 3.63) is 70.8 Å². The minimum atomic E-state index is 0.502. The summed E-state index contributed by atoms with van der Waals surface area (Å²) in [6.45, 7) is 9.34. The molecule has 2 aromatic carbocycles. The van der Waals surface area contributed by atoms with Gasteiger partial charge in [-0.2, -0.15) is 0 Å². The van der Waals surface area contributed by atoms with E-state index < -0.39 is 0 Å². The lowest BCUT2D eigenvalue weighted by atomic mass is 10.0. The predicted octanol–water partition coefficient (Wildman–Crippen LogP) is 6.38. The van der Waals surface area contributed by atoms with E-state index in [1.54, 1.807) is 7.11 Å². The molecule has 29 heavy (non-hydrogen) atoms. The lowest BCUT2D eigenvalue weighted by Gasteiger charge is -2.15. The molecule has 0 radical (unpaired) electrons. The molecule has 0 bridgehead atoms. The first-order valence-electron chi connectivity index (χ1n) is 10.3. The molecule has 0 unspecified atom stereocenters. The summed E-state index contributed by atoms with van der Waals surface area (Å²) in [5, 5.41) is 4.22. The molecule has 0 saturated carbocycles. The molecule has 4 heteroatoms. The van der Waals surface area contributed by atoms with Crippen LogP contribution in [0.3, 0.4) is 0 Å². The van der Waals surface area contributed by atoms with Crippen LogP contribution in [0.2, 0.25) is 0 Å². The molecule has 0 N–H and O–H groups in total. The second-order valence-corrected chi connectivity index (χ2v) is 7.08. The molecule has 0 aliphatic rings. The molecule has 0 spiro atoms. The molecule has 0 aliphatic heterocycles. The van der Waals surface area contributed by atoms with Crippen LogP contribution in [-0.4, -0.2) is 19.4 Å². The number of ether oxygens (including phenoxy) is 2. The third-order valence-corrected chi connectivity index (χ3v) is 4.63. The maximum atomic E-state index is 6.17. The Labute approximate surface area is 175 Å². The van der Waals surface area contributed by atoms with Crippen LogP contribution in [0, 0.1) is 13.8 Å². The van der Waals surface area contributed by atoms with Gasteiger partial charge >= 0.3 is 0 Å². The average Bonchev–Trinajstić information content (AvgIpc) is 2.71. The molecule has 2 rings (SSSR count). The highest BCUT2D eigenvalue weighted by molar-refractivity contribution is 6.00. The van der Waals surface area contributed by atoms with Crippen molar-refractivity contribution in [1.29, 1.82) is 0 Å². The molecule has 0 saturated heterocycles. The van der Waals surface area contributed by atoms with Gasteiger partial charge in [-0.1, -0.05) is 48.9 Å². The summed E-state index contributed by atoms with van der Waals surface area (Å²) >= 11 is 0. The monoisotopic (exact) mass is 395 g/mol. The minimum absolute atomic E-state index is 0.502. The fourth-order valence-corrected chi connectivity index (χ4v) is 3.16. The van der Waals surface area contributed by atoms with E-state index in [0.29, 0.717) is 13.2 Å². The minimum Gasteiger partial charge on any atom is -0.490 e. The molecule has 0 fully saturated rings. The van der Waals surface area contributed by atoms with Gasteiger partial charge in [0.15, 0.2) is 0 Å². The summed E-state index contributed by atoms with van der Waals surface area (Å²) in [7, 11) is 1.59. The SMILES string of the molecule is C/C=C/COc1cc(C)c(OCc2cccc(/C(CCCC)=N/OC)c2)c(C)c1.